The predicted octanol–water partition coefficient (Wildman–Crippen LogP) is 3.14. The summed E-state index contributed by atoms with van der Waals surface area (Å²) >= 11 is 0. The van der Waals surface area contributed by atoms with E-state index in [4.69, 9.17) is 0 Å². The third-order valence-corrected chi connectivity index (χ3v) is 4.20. The van der Waals surface area contributed by atoms with Crippen LogP contribution in [0.1, 0.15) is 64.8 Å². The molecule has 1 aliphatic heterocycles. The van der Waals surface area contributed by atoms with E-state index in [2.05, 4.69) is 30.7 Å². The van der Waals surface area contributed by atoms with Crippen molar-refractivity contribution in [3.05, 3.63) is 23.8 Å². The molecule has 1 aromatic rings. The lowest BCUT2D eigenvalue weighted by molar-refractivity contribution is -0.135. The van der Waals surface area contributed by atoms with Crippen molar-refractivity contribution < 1.29 is 4.79 Å². The van der Waals surface area contributed by atoms with Crippen molar-refractivity contribution in [1.82, 2.24) is 14.9 Å². The Hall–Kier alpha value is -1.45. The Morgan fingerprint density at radius 3 is 2.14 bits per heavy atom. The number of nitrogens with zero attached hydrogens (tertiary/aromatic N) is 3. The predicted molar refractivity (Wildman–Crippen MR) is 84.1 cm³/mol. The molecule has 4 nitrogen and oxygen atoms in total. The molecule has 0 N–H and O–H groups in total. The summed E-state index contributed by atoms with van der Waals surface area (Å²) in [6, 6.07) is 0. The number of piperidine rings is 1. The van der Waals surface area contributed by atoms with Gasteiger partial charge in [-0.3, -0.25) is 4.79 Å². The Morgan fingerprint density at radius 2 is 1.71 bits per heavy atom. The minimum absolute atomic E-state index is 0.0869. The minimum atomic E-state index is 0.0869. The molecule has 1 fully saturated rings. The monoisotopic (exact) mass is 289 g/mol. The zero-order valence-corrected chi connectivity index (χ0v) is 13.9. The largest absolute Gasteiger partial charge is 0.342 e. The van der Waals surface area contributed by atoms with Crippen LogP contribution in [-0.4, -0.2) is 33.9 Å². The maximum absolute atomic E-state index is 12.0. The molecule has 1 amide bonds. The summed E-state index contributed by atoms with van der Waals surface area (Å²) < 4.78 is 0. The number of carbonyl (C=O) groups is 1. The standard InChI is InChI=1S/C17H27N3O/c1-12(2)16(21)20-8-6-13(7-9-20)15-18-10-14(11-19-15)17(3,4)5/h10-13H,6-9H2,1-5H3. The SMILES string of the molecule is CC(C)C(=O)N1CCC(c2ncc(C(C)(C)C)cn2)CC1. The Morgan fingerprint density at radius 1 is 1.19 bits per heavy atom. The van der Waals surface area contributed by atoms with Gasteiger partial charge in [-0.25, -0.2) is 9.97 Å². The number of rotatable bonds is 2. The molecule has 1 saturated heterocycles. The first-order valence-corrected chi connectivity index (χ1v) is 7.90. The van der Waals surface area contributed by atoms with E-state index in [1.54, 1.807) is 0 Å². The molecular formula is C17H27N3O. The van der Waals surface area contributed by atoms with Crippen LogP contribution in [0, 0.1) is 5.92 Å². The summed E-state index contributed by atoms with van der Waals surface area (Å²) in [6.07, 6.45) is 5.84. The van der Waals surface area contributed by atoms with Gasteiger partial charge in [0.2, 0.25) is 5.91 Å². The highest BCUT2D eigenvalue weighted by Gasteiger charge is 2.26. The van der Waals surface area contributed by atoms with E-state index in [-0.39, 0.29) is 17.2 Å². The van der Waals surface area contributed by atoms with Gasteiger partial charge < -0.3 is 4.90 Å². The zero-order chi connectivity index (χ0) is 15.6. The van der Waals surface area contributed by atoms with Gasteiger partial charge in [0.05, 0.1) is 0 Å². The topological polar surface area (TPSA) is 46.1 Å². The van der Waals surface area contributed by atoms with Crippen LogP contribution in [0.25, 0.3) is 0 Å². The second-order valence-electron chi connectivity index (χ2n) is 7.33. The van der Waals surface area contributed by atoms with Gasteiger partial charge in [0, 0.05) is 37.3 Å². The number of hydrogen-bond acceptors (Lipinski definition) is 3. The van der Waals surface area contributed by atoms with Crippen LogP contribution in [0.5, 0.6) is 0 Å². The van der Waals surface area contributed by atoms with E-state index in [1.807, 2.05) is 31.1 Å². The number of carbonyl (C=O) groups excluding carboxylic acids is 1. The third-order valence-electron chi connectivity index (χ3n) is 4.20. The van der Waals surface area contributed by atoms with Gasteiger partial charge in [0.15, 0.2) is 0 Å². The molecule has 1 aliphatic rings. The fraction of sp³-hybridized carbons (Fsp3) is 0.706. The normalized spacial score (nSPS) is 17.3. The Kier molecular flexibility index (Phi) is 4.64. The van der Waals surface area contributed by atoms with Crippen molar-refractivity contribution in [3.8, 4) is 0 Å². The van der Waals surface area contributed by atoms with E-state index < -0.39 is 0 Å². The lowest BCUT2D eigenvalue weighted by Gasteiger charge is -2.32. The lowest BCUT2D eigenvalue weighted by atomic mass is 9.89. The molecule has 1 aromatic heterocycles. The molecule has 0 bridgehead atoms. The van der Waals surface area contributed by atoms with Crippen molar-refractivity contribution in [2.24, 2.45) is 5.92 Å². The van der Waals surface area contributed by atoms with Gasteiger partial charge in [0.1, 0.15) is 5.82 Å². The molecule has 0 aromatic carbocycles. The molecule has 2 rings (SSSR count). The number of likely N-dealkylation sites (tertiary alicyclic amines) is 1. The second-order valence-corrected chi connectivity index (χ2v) is 7.33. The van der Waals surface area contributed by atoms with E-state index in [0.717, 1.165) is 31.8 Å². The van der Waals surface area contributed by atoms with Crippen LogP contribution in [0.4, 0.5) is 0 Å². The maximum Gasteiger partial charge on any atom is 0.225 e. The number of hydrogen-bond donors (Lipinski definition) is 0. The highest BCUT2D eigenvalue weighted by Crippen LogP contribution is 2.27. The van der Waals surface area contributed by atoms with E-state index in [0.29, 0.717) is 5.92 Å². The molecular weight excluding hydrogens is 262 g/mol. The molecule has 0 radical (unpaired) electrons. The summed E-state index contributed by atoms with van der Waals surface area (Å²) in [6.45, 7) is 12.1. The molecule has 21 heavy (non-hydrogen) atoms. The highest BCUT2D eigenvalue weighted by atomic mass is 16.2. The lowest BCUT2D eigenvalue weighted by Crippen LogP contribution is -2.40. The van der Waals surface area contributed by atoms with Gasteiger partial charge in [-0.05, 0) is 23.8 Å². The Balaban J connectivity index is 1.98. The first-order chi connectivity index (χ1) is 9.79. The molecule has 0 saturated carbocycles. The van der Waals surface area contributed by atoms with Gasteiger partial charge >= 0.3 is 0 Å². The quantitative estimate of drug-likeness (QED) is 0.840. The van der Waals surface area contributed by atoms with Crippen molar-refractivity contribution in [1.29, 1.82) is 0 Å². The molecule has 0 aliphatic carbocycles. The molecule has 2 heterocycles. The fourth-order valence-corrected chi connectivity index (χ4v) is 2.66. The van der Waals surface area contributed by atoms with E-state index in [1.165, 1.54) is 5.56 Å². The molecule has 4 heteroatoms. The fourth-order valence-electron chi connectivity index (χ4n) is 2.66. The maximum atomic E-state index is 12.0. The van der Waals surface area contributed by atoms with Crippen LogP contribution >= 0.6 is 0 Å². The summed E-state index contributed by atoms with van der Waals surface area (Å²) in [5.74, 6) is 1.66. The van der Waals surface area contributed by atoms with Crippen molar-refractivity contribution >= 4 is 5.91 Å². The highest BCUT2D eigenvalue weighted by molar-refractivity contribution is 5.78. The minimum Gasteiger partial charge on any atom is -0.342 e. The first-order valence-electron chi connectivity index (χ1n) is 7.90. The second kappa shape index (κ2) is 6.12. The smallest absolute Gasteiger partial charge is 0.225 e. The van der Waals surface area contributed by atoms with Crippen LogP contribution in [0.15, 0.2) is 12.4 Å². The number of aromatic nitrogens is 2. The Bertz CT molecular complexity index is 480. The van der Waals surface area contributed by atoms with Crippen LogP contribution < -0.4 is 0 Å². The van der Waals surface area contributed by atoms with Crippen LogP contribution in [0.2, 0.25) is 0 Å². The molecule has 0 unspecified atom stereocenters. The summed E-state index contributed by atoms with van der Waals surface area (Å²) in [5, 5.41) is 0. The van der Waals surface area contributed by atoms with Crippen LogP contribution in [-0.2, 0) is 10.2 Å². The van der Waals surface area contributed by atoms with Gasteiger partial charge in [0.25, 0.3) is 0 Å². The average Bonchev–Trinajstić information content (AvgIpc) is 2.46. The van der Waals surface area contributed by atoms with Gasteiger partial charge in [-0.1, -0.05) is 34.6 Å². The van der Waals surface area contributed by atoms with E-state index in [9.17, 15) is 4.79 Å². The van der Waals surface area contributed by atoms with E-state index >= 15 is 0 Å². The van der Waals surface area contributed by atoms with Crippen LogP contribution in [0.3, 0.4) is 0 Å². The first kappa shape index (κ1) is 15.9. The summed E-state index contributed by atoms with van der Waals surface area (Å²) in [4.78, 5) is 23.1. The molecule has 116 valence electrons. The zero-order valence-electron chi connectivity index (χ0n) is 13.9. The summed E-state index contributed by atoms with van der Waals surface area (Å²) in [7, 11) is 0. The third kappa shape index (κ3) is 3.80. The van der Waals surface area contributed by atoms with Gasteiger partial charge in [-0.2, -0.15) is 0 Å². The average molecular weight is 289 g/mol. The van der Waals surface area contributed by atoms with Crippen molar-refractivity contribution in [2.45, 2.75) is 58.8 Å². The molecule has 0 atom stereocenters. The van der Waals surface area contributed by atoms with Crippen molar-refractivity contribution in [3.63, 3.8) is 0 Å². The summed E-state index contributed by atoms with van der Waals surface area (Å²) in [5.41, 5.74) is 1.25. The molecule has 0 spiro atoms. The Labute approximate surface area is 128 Å². The van der Waals surface area contributed by atoms with Crippen molar-refractivity contribution in [2.75, 3.05) is 13.1 Å². The number of amides is 1. The van der Waals surface area contributed by atoms with Gasteiger partial charge in [-0.15, -0.1) is 0 Å².